The van der Waals surface area contributed by atoms with E-state index in [1.807, 2.05) is 0 Å². The zero-order chi connectivity index (χ0) is 12.0. The van der Waals surface area contributed by atoms with Crippen LogP contribution in [0.3, 0.4) is 0 Å². The van der Waals surface area contributed by atoms with Crippen molar-refractivity contribution in [3.8, 4) is 0 Å². The number of hydrogen-bond donors (Lipinski definition) is 0. The van der Waals surface area contributed by atoms with Gasteiger partial charge in [0.15, 0.2) is 11.6 Å². The first-order valence-electron chi connectivity index (χ1n) is 5.26. The maximum Gasteiger partial charge on any atom is 0.305 e. The van der Waals surface area contributed by atoms with Gasteiger partial charge in [0, 0.05) is 12.0 Å². The Morgan fingerprint density at radius 1 is 1.31 bits per heavy atom. The molecule has 1 aliphatic rings. The van der Waals surface area contributed by atoms with Gasteiger partial charge < -0.3 is 4.74 Å². The van der Waals surface area contributed by atoms with Gasteiger partial charge in [0.05, 0.1) is 6.61 Å². The van der Waals surface area contributed by atoms with Crippen LogP contribution >= 0.6 is 0 Å². The summed E-state index contributed by atoms with van der Waals surface area (Å²) in [5.41, 5.74) is 0.469. The maximum atomic E-state index is 11.3. The van der Waals surface area contributed by atoms with Gasteiger partial charge in [-0.25, -0.2) is 0 Å². The summed E-state index contributed by atoms with van der Waals surface area (Å²) in [6.07, 6.45) is 5.08. The van der Waals surface area contributed by atoms with Crippen LogP contribution in [0.5, 0.6) is 0 Å². The summed E-state index contributed by atoms with van der Waals surface area (Å²) in [7, 11) is 0. The Morgan fingerprint density at radius 2 is 2.06 bits per heavy atom. The van der Waals surface area contributed by atoms with Crippen LogP contribution in [-0.2, 0) is 19.1 Å². The zero-order valence-corrected chi connectivity index (χ0v) is 9.19. The van der Waals surface area contributed by atoms with E-state index < -0.39 is 0 Å². The number of allylic oxidation sites excluding steroid dienone is 4. The quantitative estimate of drug-likeness (QED) is 0.520. The molecule has 0 radical (unpaired) electrons. The monoisotopic (exact) mass is 222 g/mol. The van der Waals surface area contributed by atoms with Gasteiger partial charge in [-0.15, -0.1) is 0 Å². The fraction of sp³-hybridized carbons (Fsp3) is 0.417. The van der Waals surface area contributed by atoms with Crippen LogP contribution in [0.15, 0.2) is 23.8 Å². The Morgan fingerprint density at radius 3 is 2.75 bits per heavy atom. The number of carbonyl (C=O) groups is 3. The van der Waals surface area contributed by atoms with Gasteiger partial charge in [-0.3, -0.25) is 14.4 Å². The van der Waals surface area contributed by atoms with Crippen LogP contribution in [0.25, 0.3) is 0 Å². The Hall–Kier alpha value is -1.71. The summed E-state index contributed by atoms with van der Waals surface area (Å²) in [6.45, 7) is 2.11. The third kappa shape index (κ3) is 3.81. The Kier molecular flexibility index (Phi) is 4.64. The number of rotatable bonds is 5. The molecule has 0 aromatic rings. The minimum atomic E-state index is -0.270. The lowest BCUT2D eigenvalue weighted by Crippen LogP contribution is -2.09. The van der Waals surface area contributed by atoms with Crippen molar-refractivity contribution in [1.82, 2.24) is 0 Å². The van der Waals surface area contributed by atoms with Crippen molar-refractivity contribution in [1.29, 1.82) is 0 Å². The van der Waals surface area contributed by atoms with Crippen molar-refractivity contribution in [2.24, 2.45) is 0 Å². The van der Waals surface area contributed by atoms with E-state index in [0.717, 1.165) is 0 Å². The first-order chi connectivity index (χ1) is 7.63. The molecule has 0 fully saturated rings. The van der Waals surface area contributed by atoms with E-state index in [1.165, 1.54) is 18.2 Å². The molecule has 0 spiro atoms. The molecule has 0 saturated carbocycles. The van der Waals surface area contributed by atoms with Gasteiger partial charge in [0.25, 0.3) is 0 Å². The standard InChI is InChI=1S/C12H14O4/c1-2-16-12(15)5-3-4-9-8-10(13)6-7-11(9)14/h6-8H,2-5H2,1H3. The van der Waals surface area contributed by atoms with Crippen molar-refractivity contribution in [2.75, 3.05) is 6.61 Å². The molecule has 0 amide bonds. The summed E-state index contributed by atoms with van der Waals surface area (Å²) in [5, 5.41) is 0. The largest absolute Gasteiger partial charge is 0.466 e. The second-order valence-electron chi connectivity index (χ2n) is 3.43. The summed E-state index contributed by atoms with van der Waals surface area (Å²) in [4.78, 5) is 33.4. The minimum absolute atomic E-state index is 0.150. The lowest BCUT2D eigenvalue weighted by molar-refractivity contribution is -0.143. The molecule has 86 valence electrons. The highest BCUT2D eigenvalue weighted by molar-refractivity contribution is 6.17. The third-order valence-corrected chi connectivity index (χ3v) is 2.16. The number of esters is 1. The molecule has 0 unspecified atom stereocenters. The van der Waals surface area contributed by atoms with E-state index in [0.29, 0.717) is 25.0 Å². The third-order valence-electron chi connectivity index (χ3n) is 2.16. The van der Waals surface area contributed by atoms with Crippen molar-refractivity contribution >= 4 is 17.5 Å². The minimum Gasteiger partial charge on any atom is -0.466 e. The van der Waals surface area contributed by atoms with Crippen molar-refractivity contribution in [2.45, 2.75) is 26.2 Å². The average molecular weight is 222 g/mol. The van der Waals surface area contributed by atoms with Gasteiger partial charge >= 0.3 is 5.97 Å². The normalized spacial score (nSPS) is 14.9. The van der Waals surface area contributed by atoms with Crippen LogP contribution in [-0.4, -0.2) is 24.1 Å². The first kappa shape index (κ1) is 12.4. The maximum absolute atomic E-state index is 11.3. The topological polar surface area (TPSA) is 60.4 Å². The van der Waals surface area contributed by atoms with Gasteiger partial charge in [-0.2, -0.15) is 0 Å². The molecule has 0 aromatic carbocycles. The Labute approximate surface area is 94.0 Å². The molecule has 1 aliphatic carbocycles. The van der Waals surface area contributed by atoms with E-state index >= 15 is 0 Å². The van der Waals surface area contributed by atoms with Crippen LogP contribution in [0.4, 0.5) is 0 Å². The highest BCUT2D eigenvalue weighted by Gasteiger charge is 2.13. The molecule has 0 heterocycles. The molecule has 0 aromatic heterocycles. The van der Waals surface area contributed by atoms with Gasteiger partial charge in [0.2, 0.25) is 0 Å². The Bertz CT molecular complexity index is 363. The molecular formula is C12H14O4. The lowest BCUT2D eigenvalue weighted by Gasteiger charge is -2.06. The van der Waals surface area contributed by atoms with E-state index in [9.17, 15) is 14.4 Å². The van der Waals surface area contributed by atoms with Crippen LogP contribution in [0.1, 0.15) is 26.2 Å². The molecule has 0 saturated heterocycles. The molecule has 0 aliphatic heterocycles. The predicted octanol–water partition coefficient (Wildman–Crippen LogP) is 1.35. The summed E-state index contributed by atoms with van der Waals surface area (Å²) >= 11 is 0. The number of ether oxygens (including phenoxy) is 1. The molecule has 4 heteroatoms. The lowest BCUT2D eigenvalue weighted by atomic mass is 9.98. The molecule has 0 N–H and O–H groups in total. The van der Waals surface area contributed by atoms with Crippen molar-refractivity contribution in [3.05, 3.63) is 23.8 Å². The summed E-state index contributed by atoms with van der Waals surface area (Å²) < 4.78 is 4.75. The fourth-order valence-corrected chi connectivity index (χ4v) is 1.41. The predicted molar refractivity (Wildman–Crippen MR) is 57.7 cm³/mol. The molecule has 1 rings (SSSR count). The van der Waals surface area contributed by atoms with Gasteiger partial charge in [-0.05, 0) is 38.0 Å². The molecule has 16 heavy (non-hydrogen) atoms. The van der Waals surface area contributed by atoms with E-state index in [4.69, 9.17) is 4.74 Å². The van der Waals surface area contributed by atoms with Crippen LogP contribution < -0.4 is 0 Å². The number of ketones is 2. The summed E-state index contributed by atoms with van der Waals surface area (Å²) in [5.74, 6) is -0.595. The first-order valence-corrected chi connectivity index (χ1v) is 5.26. The van der Waals surface area contributed by atoms with Crippen molar-refractivity contribution in [3.63, 3.8) is 0 Å². The van der Waals surface area contributed by atoms with E-state index in [-0.39, 0.29) is 24.0 Å². The second-order valence-corrected chi connectivity index (χ2v) is 3.43. The summed E-state index contributed by atoms with van der Waals surface area (Å²) in [6, 6.07) is 0. The van der Waals surface area contributed by atoms with Gasteiger partial charge in [-0.1, -0.05) is 0 Å². The number of hydrogen-bond acceptors (Lipinski definition) is 4. The van der Waals surface area contributed by atoms with Crippen molar-refractivity contribution < 1.29 is 19.1 Å². The molecule has 0 atom stereocenters. The van der Waals surface area contributed by atoms with Crippen LogP contribution in [0, 0.1) is 0 Å². The van der Waals surface area contributed by atoms with Crippen LogP contribution in [0.2, 0.25) is 0 Å². The zero-order valence-electron chi connectivity index (χ0n) is 9.19. The fourth-order valence-electron chi connectivity index (χ4n) is 1.41. The van der Waals surface area contributed by atoms with E-state index in [2.05, 4.69) is 0 Å². The smallest absolute Gasteiger partial charge is 0.305 e. The SMILES string of the molecule is CCOC(=O)CCCC1=CC(=O)C=CC1=O. The average Bonchev–Trinajstić information content (AvgIpc) is 2.23. The number of carbonyl (C=O) groups excluding carboxylic acids is 3. The molecule has 4 nitrogen and oxygen atoms in total. The van der Waals surface area contributed by atoms with Gasteiger partial charge in [0.1, 0.15) is 0 Å². The highest BCUT2D eigenvalue weighted by atomic mass is 16.5. The van der Waals surface area contributed by atoms with E-state index in [1.54, 1.807) is 6.92 Å². The molecular weight excluding hydrogens is 208 g/mol. The second kappa shape index (κ2) is 6.00. The molecule has 0 bridgehead atoms. The highest BCUT2D eigenvalue weighted by Crippen LogP contribution is 2.13. The Balaban J connectivity index is 2.35.